The molecule has 38 heavy (non-hydrogen) atoms. The summed E-state index contributed by atoms with van der Waals surface area (Å²) in [5.74, 6) is -2.51. The van der Waals surface area contributed by atoms with Crippen LogP contribution in [0.2, 0.25) is 0 Å². The molecule has 12 heteroatoms. The van der Waals surface area contributed by atoms with Crippen LogP contribution in [0.5, 0.6) is 0 Å². The third kappa shape index (κ3) is 5.08. The number of hydrogen-bond acceptors (Lipinski definition) is 9. The maximum absolute atomic E-state index is 13.8. The van der Waals surface area contributed by atoms with E-state index in [-0.39, 0.29) is 35.6 Å². The van der Waals surface area contributed by atoms with Crippen molar-refractivity contribution in [2.45, 2.75) is 50.1 Å². The maximum Gasteiger partial charge on any atom is 0.414 e. The van der Waals surface area contributed by atoms with E-state index in [2.05, 4.69) is 5.32 Å². The van der Waals surface area contributed by atoms with Crippen molar-refractivity contribution in [3.05, 3.63) is 60.2 Å². The molecule has 1 heterocycles. The lowest BCUT2D eigenvalue weighted by Gasteiger charge is -2.55. The zero-order valence-electron chi connectivity index (χ0n) is 21.5. The van der Waals surface area contributed by atoms with Gasteiger partial charge in [-0.2, -0.15) is 0 Å². The van der Waals surface area contributed by atoms with Gasteiger partial charge in [0.15, 0.2) is 5.37 Å². The molecule has 1 N–H and O–H groups in total. The lowest BCUT2D eigenvalue weighted by molar-refractivity contribution is -0.196. The number of sulfone groups is 1. The van der Waals surface area contributed by atoms with Crippen LogP contribution in [0.3, 0.4) is 0 Å². The van der Waals surface area contributed by atoms with Crippen molar-refractivity contribution in [3.63, 3.8) is 0 Å². The molecule has 0 aromatic heterocycles. The van der Waals surface area contributed by atoms with Gasteiger partial charge in [0.05, 0.1) is 35.3 Å². The lowest BCUT2D eigenvalue weighted by Crippen LogP contribution is -2.75. The van der Waals surface area contributed by atoms with E-state index < -0.39 is 50.8 Å². The highest BCUT2D eigenvalue weighted by Crippen LogP contribution is 2.50. The maximum atomic E-state index is 13.8. The van der Waals surface area contributed by atoms with Gasteiger partial charge in [-0.3, -0.25) is 15.0 Å². The van der Waals surface area contributed by atoms with E-state index in [1.807, 2.05) is 0 Å². The van der Waals surface area contributed by atoms with Crippen molar-refractivity contribution in [3.8, 4) is 0 Å². The second kappa shape index (κ2) is 11.6. The van der Waals surface area contributed by atoms with E-state index >= 15 is 0 Å². The van der Waals surface area contributed by atoms with Crippen LogP contribution in [0.25, 0.3) is 0 Å². The van der Waals surface area contributed by atoms with Crippen molar-refractivity contribution in [2.24, 2.45) is 5.41 Å². The molecule has 204 valence electrons. The molecule has 1 aliphatic rings. The minimum atomic E-state index is -4.20. The van der Waals surface area contributed by atoms with E-state index in [1.54, 1.807) is 44.2 Å². The molecule has 3 rings (SSSR count). The van der Waals surface area contributed by atoms with Gasteiger partial charge in [-0.25, -0.2) is 22.8 Å². The number of benzene rings is 2. The predicted octanol–water partition coefficient (Wildman–Crippen LogP) is 3.36. The summed E-state index contributed by atoms with van der Waals surface area (Å²) in [6, 6.07) is 13.4. The molecule has 0 spiro atoms. The summed E-state index contributed by atoms with van der Waals surface area (Å²) in [5.41, 5.74) is -1.30. The number of hydrogen-bond donors (Lipinski definition) is 1. The van der Waals surface area contributed by atoms with Crippen molar-refractivity contribution >= 4 is 39.5 Å². The molecule has 0 aliphatic carbocycles. The number of anilines is 1. The standard InChI is InChI=1S/C26H30N2O9S/c1-5-26(6-2)23(31)28(24(26)38(33,34)17-13-9-8-10-14-17)20(22(30)36-7-3)37-25(32)27-19-16-12-11-15-18(19)21(29)35-4/h8-16,20,24H,5-7H2,1-4H3,(H,27,32). The molecule has 1 saturated heterocycles. The molecular formula is C26H30N2O9S. The highest BCUT2D eigenvalue weighted by molar-refractivity contribution is 7.92. The zero-order valence-corrected chi connectivity index (χ0v) is 22.3. The first-order chi connectivity index (χ1) is 18.1. The Balaban J connectivity index is 2.01. The lowest BCUT2D eigenvalue weighted by atomic mass is 9.73. The SMILES string of the molecule is CCOC(=O)C(OC(=O)Nc1ccccc1C(=O)OC)N1C(=O)C(CC)(CC)C1S(=O)(=O)c1ccccc1. The van der Waals surface area contributed by atoms with Gasteiger partial charge in [0.2, 0.25) is 15.7 Å². The first kappa shape index (κ1) is 28.6. The molecule has 1 aliphatic heterocycles. The zero-order chi connectivity index (χ0) is 28.1. The van der Waals surface area contributed by atoms with Crippen LogP contribution in [0.4, 0.5) is 10.5 Å². The van der Waals surface area contributed by atoms with Gasteiger partial charge < -0.3 is 14.2 Å². The number of esters is 2. The van der Waals surface area contributed by atoms with Crippen LogP contribution in [0.15, 0.2) is 59.5 Å². The quantitative estimate of drug-likeness (QED) is 0.269. The molecule has 1 fully saturated rings. The topological polar surface area (TPSA) is 145 Å². The summed E-state index contributed by atoms with van der Waals surface area (Å²) in [6.45, 7) is 4.77. The fourth-order valence-corrected chi connectivity index (χ4v) is 6.87. The third-order valence-corrected chi connectivity index (χ3v) is 8.74. The number of amides is 2. The molecule has 0 radical (unpaired) electrons. The molecule has 2 unspecified atom stereocenters. The molecule has 11 nitrogen and oxygen atoms in total. The number of para-hydroxylation sites is 1. The van der Waals surface area contributed by atoms with Crippen molar-refractivity contribution in [1.29, 1.82) is 0 Å². The average molecular weight is 547 g/mol. The molecule has 2 amide bonds. The fourth-order valence-electron chi connectivity index (χ4n) is 4.54. The normalized spacial score (nSPS) is 17.1. The van der Waals surface area contributed by atoms with Gasteiger partial charge in [0.25, 0.3) is 6.23 Å². The van der Waals surface area contributed by atoms with Crippen molar-refractivity contribution < 1.29 is 41.8 Å². The van der Waals surface area contributed by atoms with E-state index in [4.69, 9.17) is 14.2 Å². The average Bonchev–Trinajstić information content (AvgIpc) is 2.92. The Morgan fingerprint density at radius 2 is 1.61 bits per heavy atom. The van der Waals surface area contributed by atoms with E-state index in [1.165, 1.54) is 38.3 Å². The Labute approximate surface area is 221 Å². The predicted molar refractivity (Wildman–Crippen MR) is 136 cm³/mol. The van der Waals surface area contributed by atoms with E-state index in [9.17, 15) is 27.6 Å². The molecule has 2 aromatic rings. The van der Waals surface area contributed by atoms with E-state index in [0.29, 0.717) is 0 Å². The molecule has 2 aromatic carbocycles. The highest BCUT2D eigenvalue weighted by atomic mass is 32.2. The van der Waals surface area contributed by atoms with E-state index in [0.717, 1.165) is 4.90 Å². The van der Waals surface area contributed by atoms with Crippen LogP contribution >= 0.6 is 0 Å². The third-order valence-electron chi connectivity index (χ3n) is 6.54. The highest BCUT2D eigenvalue weighted by Gasteiger charge is 2.67. The number of likely N-dealkylation sites (tertiary alicyclic amines) is 1. The number of β-lactam (4-membered cyclic amide) rings is 1. The monoisotopic (exact) mass is 546 g/mol. The smallest absolute Gasteiger partial charge is 0.414 e. The second-order valence-corrected chi connectivity index (χ2v) is 10.5. The summed E-state index contributed by atoms with van der Waals surface area (Å²) >= 11 is 0. The minimum Gasteiger partial charge on any atom is -0.465 e. The number of rotatable bonds is 10. The summed E-state index contributed by atoms with van der Waals surface area (Å²) < 4.78 is 42.6. The van der Waals surface area contributed by atoms with Gasteiger partial charge >= 0.3 is 18.0 Å². The van der Waals surface area contributed by atoms with Crippen LogP contribution in [0, 0.1) is 5.41 Å². The van der Waals surface area contributed by atoms with Gasteiger partial charge in [-0.05, 0) is 44.0 Å². The Kier molecular flexibility index (Phi) is 8.77. The van der Waals surface area contributed by atoms with Crippen molar-refractivity contribution in [2.75, 3.05) is 19.0 Å². The number of ether oxygens (including phenoxy) is 3. The van der Waals surface area contributed by atoms with Crippen LogP contribution in [-0.2, 0) is 33.6 Å². The van der Waals surface area contributed by atoms with Gasteiger partial charge in [-0.15, -0.1) is 0 Å². The molecular weight excluding hydrogens is 516 g/mol. The summed E-state index contributed by atoms with van der Waals surface area (Å²) in [5, 5.41) is 0.852. The Hall–Kier alpha value is -3.93. The molecule has 0 saturated carbocycles. The summed E-state index contributed by atoms with van der Waals surface area (Å²) in [7, 11) is -3.03. The number of methoxy groups -OCH3 is 1. The Bertz CT molecular complexity index is 1310. The number of carbonyl (C=O) groups is 4. The van der Waals surface area contributed by atoms with Crippen LogP contribution in [0.1, 0.15) is 44.0 Å². The van der Waals surface area contributed by atoms with Crippen LogP contribution < -0.4 is 5.32 Å². The van der Waals surface area contributed by atoms with Crippen molar-refractivity contribution in [1.82, 2.24) is 4.90 Å². The first-order valence-electron chi connectivity index (χ1n) is 12.0. The molecule has 0 bridgehead atoms. The number of nitrogens with one attached hydrogen (secondary N) is 1. The largest absolute Gasteiger partial charge is 0.465 e. The summed E-state index contributed by atoms with van der Waals surface area (Å²) in [6.07, 6.45) is -2.87. The Morgan fingerprint density at radius 1 is 1.00 bits per heavy atom. The number of nitrogens with zero attached hydrogens (tertiary/aromatic N) is 1. The second-order valence-electron chi connectivity index (χ2n) is 8.46. The summed E-state index contributed by atoms with van der Waals surface area (Å²) in [4.78, 5) is 52.1. The molecule has 2 atom stereocenters. The van der Waals surface area contributed by atoms with Gasteiger partial charge in [0, 0.05) is 0 Å². The van der Waals surface area contributed by atoms with Crippen LogP contribution in [-0.4, -0.2) is 62.6 Å². The number of carbonyl (C=O) groups excluding carboxylic acids is 4. The fraction of sp³-hybridized carbons (Fsp3) is 0.385. The van der Waals surface area contributed by atoms with Gasteiger partial charge in [0.1, 0.15) is 0 Å². The minimum absolute atomic E-state index is 0.0141. The Morgan fingerprint density at radius 3 is 2.18 bits per heavy atom. The van der Waals surface area contributed by atoms with Gasteiger partial charge in [-0.1, -0.05) is 44.2 Å². The first-order valence-corrected chi connectivity index (χ1v) is 13.6.